The number of urea groups is 1. The first-order valence-electron chi connectivity index (χ1n) is 9.41. The second-order valence-electron chi connectivity index (χ2n) is 7.79. The fourth-order valence-electron chi connectivity index (χ4n) is 4.11. The van der Waals surface area contributed by atoms with Crippen molar-refractivity contribution in [1.29, 1.82) is 5.41 Å². The molecule has 4 amide bonds. The third-order valence-corrected chi connectivity index (χ3v) is 7.05. The van der Waals surface area contributed by atoms with Crippen LogP contribution in [0.25, 0.3) is 0 Å². The van der Waals surface area contributed by atoms with Crippen molar-refractivity contribution in [2.75, 3.05) is 13.1 Å². The first-order chi connectivity index (χ1) is 14.1. The number of hydrogen-bond donors (Lipinski definition) is 3. The van der Waals surface area contributed by atoms with Crippen LogP contribution in [0.3, 0.4) is 0 Å². The highest BCUT2D eigenvalue weighted by atomic mass is 32.2. The van der Waals surface area contributed by atoms with E-state index in [2.05, 4.69) is 5.32 Å². The van der Waals surface area contributed by atoms with Crippen molar-refractivity contribution in [3.63, 3.8) is 0 Å². The Bertz CT molecular complexity index is 952. The number of thioether (sulfide) groups is 1. The highest BCUT2D eigenvalue weighted by molar-refractivity contribution is 8.01. The Morgan fingerprint density at radius 1 is 1.27 bits per heavy atom. The number of nitrogens with zero attached hydrogens (tertiary/aromatic N) is 3. The summed E-state index contributed by atoms with van der Waals surface area (Å²) in [5.74, 6) is -2.44. The average molecular weight is 431 g/mol. The van der Waals surface area contributed by atoms with Crippen LogP contribution >= 0.6 is 11.8 Å². The number of β-lactam (4-membered cyclic amide) rings is 1. The monoisotopic (exact) mass is 431 g/mol. The number of carboxylic acid groups (broad SMARTS) is 1. The van der Waals surface area contributed by atoms with Crippen molar-refractivity contribution in [1.82, 2.24) is 20.2 Å². The molecule has 1 aromatic carbocycles. The summed E-state index contributed by atoms with van der Waals surface area (Å²) in [6, 6.07) is 5.71. The molecule has 11 heteroatoms. The van der Waals surface area contributed by atoms with E-state index in [0.29, 0.717) is 12.1 Å². The minimum atomic E-state index is -1.12. The van der Waals surface area contributed by atoms with Crippen LogP contribution in [0.1, 0.15) is 19.4 Å². The molecule has 3 fully saturated rings. The number of aliphatic carboxylic acids is 1. The number of carbonyl (C=O) groups excluding carboxylic acids is 3. The smallest absolute Gasteiger partial charge is 0.336 e. The first kappa shape index (κ1) is 20.2. The Labute approximate surface area is 176 Å². The van der Waals surface area contributed by atoms with Crippen LogP contribution in [-0.4, -0.2) is 84.8 Å². The molecule has 10 nitrogen and oxygen atoms in total. The van der Waals surface area contributed by atoms with Crippen molar-refractivity contribution < 1.29 is 24.3 Å². The van der Waals surface area contributed by atoms with E-state index < -0.39 is 46.0 Å². The van der Waals surface area contributed by atoms with Crippen LogP contribution < -0.4 is 5.32 Å². The molecule has 0 spiro atoms. The number of amides is 4. The first-order valence-corrected chi connectivity index (χ1v) is 10.3. The molecule has 0 radical (unpaired) electrons. The van der Waals surface area contributed by atoms with E-state index in [0.717, 1.165) is 10.0 Å². The molecular weight excluding hydrogens is 410 g/mol. The zero-order valence-corrected chi connectivity index (χ0v) is 17.2. The molecule has 0 unspecified atom stereocenters. The highest BCUT2D eigenvalue weighted by Gasteiger charge is 2.67. The minimum absolute atomic E-state index is 0.166. The molecule has 3 atom stereocenters. The van der Waals surface area contributed by atoms with E-state index in [-0.39, 0.29) is 12.3 Å². The van der Waals surface area contributed by atoms with Gasteiger partial charge in [0.25, 0.3) is 11.8 Å². The van der Waals surface area contributed by atoms with Gasteiger partial charge in [-0.05, 0) is 13.8 Å². The van der Waals surface area contributed by atoms with Gasteiger partial charge in [-0.25, -0.2) is 19.6 Å². The molecule has 3 aliphatic rings. The molecule has 1 aromatic rings. The van der Waals surface area contributed by atoms with Gasteiger partial charge in [-0.2, -0.15) is 0 Å². The van der Waals surface area contributed by atoms with Gasteiger partial charge in [0.2, 0.25) is 0 Å². The second-order valence-corrected chi connectivity index (χ2v) is 9.56. The Kier molecular flexibility index (Phi) is 4.72. The average Bonchev–Trinajstić information content (AvgIpc) is 3.23. The van der Waals surface area contributed by atoms with Crippen molar-refractivity contribution in [3.05, 3.63) is 35.9 Å². The summed E-state index contributed by atoms with van der Waals surface area (Å²) in [6.07, 6.45) is 0. The maximum Gasteiger partial charge on any atom is 0.336 e. The van der Waals surface area contributed by atoms with Crippen molar-refractivity contribution in [2.45, 2.75) is 36.1 Å². The van der Waals surface area contributed by atoms with Crippen molar-refractivity contribution >= 4 is 41.3 Å². The summed E-state index contributed by atoms with van der Waals surface area (Å²) in [5, 5.41) is 22.1. The van der Waals surface area contributed by atoms with Crippen LogP contribution in [0.4, 0.5) is 4.79 Å². The molecule has 4 rings (SSSR count). The van der Waals surface area contributed by atoms with Gasteiger partial charge in [-0.15, -0.1) is 11.8 Å². The van der Waals surface area contributed by atoms with Crippen LogP contribution in [0.2, 0.25) is 0 Å². The van der Waals surface area contributed by atoms with E-state index in [1.807, 2.05) is 0 Å². The maximum atomic E-state index is 13.3. The normalized spacial score (nSPS) is 26.7. The Hall–Kier alpha value is -3.08. The number of carboxylic acids is 1. The predicted molar refractivity (Wildman–Crippen MR) is 108 cm³/mol. The SMILES string of the molecule is CC1(C)S[C@@H]2[C@H](N(C(=O)C(=N)c3ccccc3)N3CCNC3=O)C(=O)N2[C@H]1C(=O)O. The summed E-state index contributed by atoms with van der Waals surface area (Å²) < 4.78 is -0.768. The van der Waals surface area contributed by atoms with Gasteiger partial charge in [0.05, 0.1) is 6.54 Å². The molecule has 0 aromatic heterocycles. The Balaban J connectivity index is 1.69. The molecule has 3 N–H and O–H groups in total. The molecule has 3 saturated heterocycles. The number of benzene rings is 1. The number of rotatable bonds is 5. The number of carbonyl (C=O) groups is 4. The van der Waals surface area contributed by atoms with Gasteiger partial charge >= 0.3 is 12.0 Å². The minimum Gasteiger partial charge on any atom is -0.480 e. The van der Waals surface area contributed by atoms with Crippen molar-refractivity contribution in [2.24, 2.45) is 0 Å². The standard InChI is InChI=1S/C19H21N5O5S/c1-19(2)13(17(27)28)23-15(26)12(16(23)30-19)24(22-9-8-21-18(22)29)14(25)11(20)10-6-4-3-5-7-10/h3-7,12-13,16,20H,8-9H2,1-2H3,(H,21,29)(H,27,28)/t12-,13+,16-/m1/s1. The fourth-order valence-corrected chi connectivity index (χ4v) is 5.78. The van der Waals surface area contributed by atoms with E-state index in [9.17, 15) is 24.3 Å². The fraction of sp³-hybridized carbons (Fsp3) is 0.421. The van der Waals surface area contributed by atoms with Gasteiger partial charge in [0, 0.05) is 16.9 Å². The lowest BCUT2D eigenvalue weighted by atomic mass is 9.95. The summed E-state index contributed by atoms with van der Waals surface area (Å²) >= 11 is 1.28. The molecular formula is C19H21N5O5S. The van der Waals surface area contributed by atoms with Gasteiger partial charge in [-0.1, -0.05) is 30.3 Å². The van der Waals surface area contributed by atoms with E-state index in [1.54, 1.807) is 44.2 Å². The number of hydrazine groups is 1. The topological polar surface area (TPSA) is 134 Å². The molecule has 30 heavy (non-hydrogen) atoms. The molecule has 158 valence electrons. The van der Waals surface area contributed by atoms with Crippen molar-refractivity contribution in [3.8, 4) is 0 Å². The van der Waals surface area contributed by atoms with Crippen LogP contribution in [0.15, 0.2) is 30.3 Å². The van der Waals surface area contributed by atoms with Crippen LogP contribution in [0.5, 0.6) is 0 Å². The van der Waals surface area contributed by atoms with Crippen LogP contribution in [-0.2, 0) is 14.4 Å². The quantitative estimate of drug-likeness (QED) is 0.455. The predicted octanol–water partition coefficient (Wildman–Crippen LogP) is 0.339. The van der Waals surface area contributed by atoms with Gasteiger partial charge in [-0.3, -0.25) is 15.0 Å². The lowest BCUT2D eigenvalue weighted by Crippen LogP contribution is -2.74. The largest absolute Gasteiger partial charge is 0.480 e. The maximum absolute atomic E-state index is 13.3. The van der Waals surface area contributed by atoms with Gasteiger partial charge in [0.1, 0.15) is 17.1 Å². The molecule has 0 aliphatic carbocycles. The summed E-state index contributed by atoms with van der Waals surface area (Å²) in [5.41, 5.74) is 0.0112. The molecule has 3 heterocycles. The lowest BCUT2D eigenvalue weighted by Gasteiger charge is -2.49. The molecule has 3 aliphatic heterocycles. The van der Waals surface area contributed by atoms with Gasteiger partial charge in [0.15, 0.2) is 6.04 Å². The van der Waals surface area contributed by atoms with Gasteiger partial charge < -0.3 is 15.3 Å². The summed E-state index contributed by atoms with van der Waals surface area (Å²) in [6.45, 7) is 3.94. The number of nitrogens with one attached hydrogen (secondary N) is 2. The number of hydrogen-bond acceptors (Lipinski definition) is 6. The summed E-state index contributed by atoms with van der Waals surface area (Å²) in [4.78, 5) is 51.7. The third kappa shape index (κ3) is 2.92. The number of fused-ring (bicyclic) bond motifs is 1. The highest BCUT2D eigenvalue weighted by Crippen LogP contribution is 2.52. The molecule has 0 saturated carbocycles. The van der Waals surface area contributed by atoms with E-state index in [4.69, 9.17) is 5.41 Å². The summed E-state index contributed by atoms with van der Waals surface area (Å²) in [7, 11) is 0. The lowest BCUT2D eigenvalue weighted by molar-refractivity contribution is -0.176. The zero-order valence-electron chi connectivity index (χ0n) is 16.4. The second kappa shape index (κ2) is 7.01. The van der Waals surface area contributed by atoms with E-state index in [1.165, 1.54) is 16.7 Å². The Morgan fingerprint density at radius 3 is 2.50 bits per heavy atom. The third-order valence-electron chi connectivity index (χ3n) is 5.49. The van der Waals surface area contributed by atoms with E-state index >= 15 is 0 Å². The Morgan fingerprint density at radius 2 is 1.93 bits per heavy atom. The zero-order chi connectivity index (χ0) is 21.8. The molecule has 0 bridgehead atoms. The van der Waals surface area contributed by atoms with Crippen LogP contribution in [0, 0.1) is 5.41 Å².